The van der Waals surface area contributed by atoms with Crippen LogP contribution in [0, 0.1) is 5.82 Å². The van der Waals surface area contributed by atoms with E-state index in [-0.39, 0.29) is 11.3 Å². The van der Waals surface area contributed by atoms with Crippen LogP contribution in [-0.4, -0.2) is 35.9 Å². The highest BCUT2D eigenvalue weighted by molar-refractivity contribution is 6.46. The SMILES string of the molecule is COc1ccc(/C(O)=C2\C(=O)C(=O)N(C)[C@H]2c2ccc(F)cc2)cc1. The molecule has 25 heavy (non-hydrogen) atoms. The van der Waals surface area contributed by atoms with Gasteiger partial charge in [-0.05, 0) is 42.0 Å². The number of Topliss-reactive ketones (excluding diaryl/α,β-unsaturated/α-hetero) is 1. The molecule has 3 rings (SSSR count). The standard InChI is InChI=1S/C19H16FNO4/c1-21-16(11-3-7-13(20)8-4-11)15(18(23)19(21)24)17(22)12-5-9-14(25-2)10-6-12/h3-10,16,22H,1-2H3/b17-15+/t16-/m0/s1. The van der Waals surface area contributed by atoms with E-state index in [0.29, 0.717) is 16.9 Å². The van der Waals surface area contributed by atoms with Crippen molar-refractivity contribution in [2.75, 3.05) is 14.2 Å². The molecule has 0 aromatic heterocycles. The molecule has 1 amide bonds. The van der Waals surface area contributed by atoms with Gasteiger partial charge < -0.3 is 14.7 Å². The molecule has 1 N–H and O–H groups in total. The first-order valence-electron chi connectivity index (χ1n) is 7.58. The average molecular weight is 341 g/mol. The van der Waals surface area contributed by atoms with E-state index in [1.165, 1.54) is 43.3 Å². The molecule has 128 valence electrons. The summed E-state index contributed by atoms with van der Waals surface area (Å²) in [5.74, 6) is -1.59. The number of hydrogen-bond acceptors (Lipinski definition) is 4. The maximum Gasteiger partial charge on any atom is 0.295 e. The molecule has 1 heterocycles. The third-order valence-corrected chi connectivity index (χ3v) is 4.22. The van der Waals surface area contributed by atoms with Gasteiger partial charge in [0.1, 0.15) is 17.3 Å². The number of aliphatic hydroxyl groups excluding tert-OH is 1. The fourth-order valence-corrected chi connectivity index (χ4v) is 2.89. The Balaban J connectivity index is 2.12. The monoisotopic (exact) mass is 341 g/mol. The maximum atomic E-state index is 13.2. The van der Waals surface area contributed by atoms with Crippen LogP contribution in [0.4, 0.5) is 4.39 Å². The van der Waals surface area contributed by atoms with Gasteiger partial charge in [-0.25, -0.2) is 4.39 Å². The Bertz CT molecular complexity index is 856. The number of ether oxygens (including phenoxy) is 1. The Kier molecular flexibility index (Phi) is 4.27. The van der Waals surface area contributed by atoms with Crippen molar-refractivity contribution in [2.45, 2.75) is 6.04 Å². The minimum absolute atomic E-state index is 0.0238. The van der Waals surface area contributed by atoms with Crippen LogP contribution in [0.3, 0.4) is 0 Å². The molecule has 0 radical (unpaired) electrons. The van der Waals surface area contributed by atoms with E-state index < -0.39 is 23.5 Å². The number of aliphatic hydroxyl groups is 1. The Hall–Kier alpha value is -3.15. The zero-order valence-corrected chi connectivity index (χ0v) is 13.7. The summed E-state index contributed by atoms with van der Waals surface area (Å²) in [4.78, 5) is 25.8. The van der Waals surface area contributed by atoms with Crippen molar-refractivity contribution in [3.05, 3.63) is 71.0 Å². The Morgan fingerprint density at radius 3 is 2.24 bits per heavy atom. The molecule has 0 unspecified atom stereocenters. The molecule has 5 nitrogen and oxygen atoms in total. The third-order valence-electron chi connectivity index (χ3n) is 4.22. The molecule has 0 aliphatic carbocycles. The molecule has 2 aromatic carbocycles. The van der Waals surface area contributed by atoms with Crippen molar-refractivity contribution in [3.8, 4) is 5.75 Å². The van der Waals surface area contributed by atoms with Crippen molar-refractivity contribution >= 4 is 17.4 Å². The fourth-order valence-electron chi connectivity index (χ4n) is 2.89. The van der Waals surface area contributed by atoms with E-state index in [0.717, 1.165) is 0 Å². The topological polar surface area (TPSA) is 66.8 Å². The van der Waals surface area contributed by atoms with Gasteiger partial charge in [-0.2, -0.15) is 0 Å². The number of nitrogens with zero attached hydrogens (tertiary/aromatic N) is 1. The first-order valence-corrected chi connectivity index (χ1v) is 7.58. The molecule has 1 atom stereocenters. The molecular weight excluding hydrogens is 325 g/mol. The van der Waals surface area contributed by atoms with Gasteiger partial charge in [0.05, 0.1) is 18.7 Å². The lowest BCUT2D eigenvalue weighted by Crippen LogP contribution is -2.24. The lowest BCUT2D eigenvalue weighted by Gasteiger charge is -2.21. The summed E-state index contributed by atoms with van der Waals surface area (Å²) < 4.78 is 18.3. The van der Waals surface area contributed by atoms with Crippen LogP contribution in [0.5, 0.6) is 5.75 Å². The zero-order valence-electron chi connectivity index (χ0n) is 13.7. The molecule has 0 spiro atoms. The molecule has 0 bridgehead atoms. The van der Waals surface area contributed by atoms with Gasteiger partial charge in [0.25, 0.3) is 11.7 Å². The van der Waals surface area contributed by atoms with E-state index in [4.69, 9.17) is 4.74 Å². The first kappa shape index (κ1) is 16.7. The van der Waals surface area contributed by atoms with Crippen LogP contribution in [0.25, 0.3) is 5.76 Å². The van der Waals surface area contributed by atoms with Gasteiger partial charge in [0, 0.05) is 12.6 Å². The van der Waals surface area contributed by atoms with E-state index >= 15 is 0 Å². The summed E-state index contributed by atoms with van der Waals surface area (Å²) in [5, 5.41) is 10.6. The van der Waals surface area contributed by atoms with Crippen molar-refractivity contribution in [3.63, 3.8) is 0 Å². The predicted molar refractivity (Wildman–Crippen MR) is 89.5 cm³/mol. The van der Waals surface area contributed by atoms with Crippen LogP contribution < -0.4 is 4.74 Å². The Labute approximate surface area is 144 Å². The number of methoxy groups -OCH3 is 1. The molecule has 1 aliphatic rings. The summed E-state index contributed by atoms with van der Waals surface area (Å²) >= 11 is 0. The van der Waals surface area contributed by atoms with E-state index in [1.54, 1.807) is 24.3 Å². The van der Waals surface area contributed by atoms with Crippen molar-refractivity contribution in [1.82, 2.24) is 4.90 Å². The van der Waals surface area contributed by atoms with Crippen LogP contribution >= 0.6 is 0 Å². The summed E-state index contributed by atoms with van der Waals surface area (Å²) in [6, 6.07) is 11.2. The summed E-state index contributed by atoms with van der Waals surface area (Å²) in [6.45, 7) is 0. The van der Waals surface area contributed by atoms with Gasteiger partial charge in [0.2, 0.25) is 0 Å². The molecular formula is C19H16FNO4. The zero-order chi connectivity index (χ0) is 18.1. The Morgan fingerprint density at radius 1 is 1.08 bits per heavy atom. The van der Waals surface area contributed by atoms with E-state index in [2.05, 4.69) is 0 Å². The number of likely N-dealkylation sites (N-methyl/N-ethyl adjacent to an activating group) is 1. The van der Waals surface area contributed by atoms with E-state index in [9.17, 15) is 19.1 Å². The largest absolute Gasteiger partial charge is 0.507 e. The molecule has 2 aromatic rings. The lowest BCUT2D eigenvalue weighted by atomic mass is 9.95. The molecule has 1 aliphatic heterocycles. The van der Waals surface area contributed by atoms with Gasteiger partial charge in [-0.3, -0.25) is 9.59 Å². The smallest absolute Gasteiger partial charge is 0.295 e. The number of ketones is 1. The number of hydrogen-bond donors (Lipinski definition) is 1. The second-order valence-corrected chi connectivity index (χ2v) is 5.69. The van der Waals surface area contributed by atoms with Crippen LogP contribution in [0.2, 0.25) is 0 Å². The quantitative estimate of drug-likeness (QED) is 0.530. The second-order valence-electron chi connectivity index (χ2n) is 5.69. The highest BCUT2D eigenvalue weighted by Crippen LogP contribution is 2.38. The molecule has 0 saturated carbocycles. The number of carbonyl (C=O) groups excluding carboxylic acids is 2. The summed E-state index contributed by atoms with van der Waals surface area (Å²) in [7, 11) is 2.99. The average Bonchev–Trinajstić information content (AvgIpc) is 2.86. The van der Waals surface area contributed by atoms with Crippen molar-refractivity contribution in [1.29, 1.82) is 0 Å². The molecule has 1 saturated heterocycles. The molecule has 1 fully saturated rings. The highest BCUT2D eigenvalue weighted by Gasteiger charge is 2.44. The molecule has 6 heteroatoms. The number of carbonyl (C=O) groups is 2. The summed E-state index contributed by atoms with van der Waals surface area (Å²) in [6.07, 6.45) is 0. The van der Waals surface area contributed by atoms with E-state index in [1.807, 2.05) is 0 Å². The fraction of sp³-hybridized carbons (Fsp3) is 0.158. The van der Waals surface area contributed by atoms with Gasteiger partial charge >= 0.3 is 0 Å². The van der Waals surface area contributed by atoms with Crippen molar-refractivity contribution in [2.24, 2.45) is 0 Å². The maximum absolute atomic E-state index is 13.2. The first-order chi connectivity index (χ1) is 11.9. The Morgan fingerprint density at radius 2 is 1.68 bits per heavy atom. The van der Waals surface area contributed by atoms with Gasteiger partial charge in [0.15, 0.2) is 0 Å². The van der Waals surface area contributed by atoms with Crippen LogP contribution in [0.1, 0.15) is 17.2 Å². The number of likely N-dealkylation sites (tertiary alicyclic amines) is 1. The number of rotatable bonds is 3. The number of benzene rings is 2. The van der Waals surface area contributed by atoms with Gasteiger partial charge in [-0.15, -0.1) is 0 Å². The van der Waals surface area contributed by atoms with Crippen LogP contribution in [0.15, 0.2) is 54.1 Å². The third kappa shape index (κ3) is 2.87. The highest BCUT2D eigenvalue weighted by atomic mass is 19.1. The minimum atomic E-state index is -0.775. The van der Waals surface area contributed by atoms with Crippen molar-refractivity contribution < 1.29 is 23.8 Å². The normalized spacial score (nSPS) is 19.3. The van der Waals surface area contributed by atoms with Crippen LogP contribution in [-0.2, 0) is 9.59 Å². The second kappa shape index (κ2) is 6.39. The number of amides is 1. The van der Waals surface area contributed by atoms with Gasteiger partial charge in [-0.1, -0.05) is 12.1 Å². The minimum Gasteiger partial charge on any atom is -0.507 e. The number of halogens is 1. The lowest BCUT2D eigenvalue weighted by molar-refractivity contribution is -0.139. The summed E-state index contributed by atoms with van der Waals surface area (Å²) in [5.41, 5.74) is 0.904. The predicted octanol–water partition coefficient (Wildman–Crippen LogP) is 2.89.